The Morgan fingerprint density at radius 1 is 0.833 bits per heavy atom. The maximum atomic E-state index is 13.6. The predicted molar refractivity (Wildman–Crippen MR) is 190 cm³/mol. The molecule has 0 amide bonds. The van der Waals surface area contributed by atoms with E-state index in [4.69, 9.17) is 33.2 Å². The minimum Gasteiger partial charge on any atom is -0.459 e. The molecule has 11 unspecified atom stereocenters. The first-order valence-corrected chi connectivity index (χ1v) is 19.6. The summed E-state index contributed by atoms with van der Waals surface area (Å²) in [7, 11) is 1.71. The number of carbonyl (C=O) groups is 4. The van der Waals surface area contributed by atoms with Gasteiger partial charge in [-0.3, -0.25) is 4.79 Å². The van der Waals surface area contributed by atoms with Crippen molar-refractivity contribution in [1.29, 1.82) is 0 Å². The van der Waals surface area contributed by atoms with E-state index in [1.807, 2.05) is 0 Å². The number of ether oxygens (including phenoxy) is 7. The molecule has 6 aliphatic rings. The number of rotatable bonds is 9. The van der Waals surface area contributed by atoms with Gasteiger partial charge in [0.25, 0.3) is 0 Å². The standard InChI is InChI=1S/C42H50O12/c1-48-26-16-17-30-33(20-26)52-38-28(22-43)32(19-18-31(38)42(30)29-15-9-8-14-27(29)41(47)54-42)50-36-21-34(53-40(46)25-12-6-3-7-13-25)37(44)35(51-36)23-49-39(45)24-10-4-2-5-11-24/h2-7,10-13,22,26-38,44H,8-9,14-21,23H2,1H3/t26?,27?,28?,29?,30?,31?,32?,33?,34-,35-,36?,37-,38?,42?/m1/s1. The van der Waals surface area contributed by atoms with Gasteiger partial charge in [-0.25, -0.2) is 9.59 Å². The van der Waals surface area contributed by atoms with Gasteiger partial charge in [-0.1, -0.05) is 49.2 Å². The normalized spacial score (nSPS) is 40.0. The van der Waals surface area contributed by atoms with E-state index in [1.165, 1.54) is 0 Å². The van der Waals surface area contributed by atoms with Gasteiger partial charge in [0, 0.05) is 37.7 Å². The molecule has 12 heteroatoms. The maximum absolute atomic E-state index is 13.6. The Morgan fingerprint density at radius 2 is 1.54 bits per heavy atom. The third-order valence-corrected chi connectivity index (χ3v) is 13.1. The first-order chi connectivity index (χ1) is 26.3. The first-order valence-electron chi connectivity index (χ1n) is 19.6. The lowest BCUT2D eigenvalue weighted by Gasteiger charge is -2.60. The van der Waals surface area contributed by atoms with E-state index in [0.717, 1.165) is 44.8 Å². The van der Waals surface area contributed by atoms with Crippen molar-refractivity contribution in [2.75, 3.05) is 13.7 Å². The fraction of sp³-hybridized carbons (Fsp3) is 0.619. The number of fused-ring (bicyclic) bond motifs is 6. The van der Waals surface area contributed by atoms with Crippen LogP contribution in [0.1, 0.15) is 84.9 Å². The monoisotopic (exact) mass is 746 g/mol. The van der Waals surface area contributed by atoms with Gasteiger partial charge in [-0.2, -0.15) is 0 Å². The van der Waals surface area contributed by atoms with Gasteiger partial charge >= 0.3 is 17.9 Å². The van der Waals surface area contributed by atoms with Crippen LogP contribution in [0.5, 0.6) is 0 Å². The van der Waals surface area contributed by atoms with Crippen LogP contribution in [0.4, 0.5) is 0 Å². The van der Waals surface area contributed by atoms with E-state index in [-0.39, 0.29) is 54.9 Å². The molecule has 0 aromatic heterocycles. The second-order valence-electron chi connectivity index (χ2n) is 15.9. The van der Waals surface area contributed by atoms with Gasteiger partial charge in [0.2, 0.25) is 0 Å². The summed E-state index contributed by atoms with van der Waals surface area (Å²) < 4.78 is 43.6. The Balaban J connectivity index is 1.03. The molecule has 0 bridgehead atoms. The lowest BCUT2D eigenvalue weighted by molar-refractivity contribution is -0.304. The highest BCUT2D eigenvalue weighted by Gasteiger charge is 2.70. The van der Waals surface area contributed by atoms with Crippen molar-refractivity contribution >= 4 is 24.2 Å². The molecular weight excluding hydrogens is 696 g/mol. The Hall–Kier alpha value is -3.68. The molecule has 3 saturated carbocycles. The van der Waals surface area contributed by atoms with Crippen LogP contribution in [0, 0.1) is 29.6 Å². The number of methoxy groups -OCH3 is 1. The minimum absolute atomic E-state index is 0.00921. The zero-order valence-electron chi connectivity index (χ0n) is 30.6. The van der Waals surface area contributed by atoms with E-state index in [0.29, 0.717) is 30.4 Å². The quantitative estimate of drug-likeness (QED) is 0.212. The number of aliphatic hydroxyl groups is 1. The van der Waals surface area contributed by atoms with E-state index < -0.39 is 60.3 Å². The molecule has 0 radical (unpaired) electrons. The van der Waals surface area contributed by atoms with Gasteiger partial charge < -0.3 is 43.1 Å². The van der Waals surface area contributed by atoms with Crippen molar-refractivity contribution in [1.82, 2.24) is 0 Å². The van der Waals surface area contributed by atoms with E-state index in [2.05, 4.69) is 0 Å². The van der Waals surface area contributed by atoms with E-state index >= 15 is 0 Å². The molecular formula is C42H50O12. The average Bonchev–Trinajstić information content (AvgIpc) is 3.50. The van der Waals surface area contributed by atoms with Crippen molar-refractivity contribution in [3.8, 4) is 0 Å². The van der Waals surface area contributed by atoms with Crippen molar-refractivity contribution in [3.63, 3.8) is 0 Å². The maximum Gasteiger partial charge on any atom is 0.338 e. The smallest absolute Gasteiger partial charge is 0.338 e. The average molecular weight is 747 g/mol. The molecule has 6 fully saturated rings. The number of aliphatic hydroxyl groups excluding tert-OH is 1. The molecule has 290 valence electrons. The number of benzene rings is 2. The molecule has 54 heavy (non-hydrogen) atoms. The number of hydrogen-bond acceptors (Lipinski definition) is 12. The van der Waals surface area contributed by atoms with E-state index in [9.17, 15) is 24.3 Å². The topological polar surface area (TPSA) is 153 Å². The first kappa shape index (κ1) is 37.3. The van der Waals surface area contributed by atoms with Gasteiger partial charge in [0.1, 0.15) is 36.8 Å². The van der Waals surface area contributed by atoms with Gasteiger partial charge in [0.05, 0.1) is 47.4 Å². The molecule has 1 N–H and O–H groups in total. The zero-order valence-corrected chi connectivity index (χ0v) is 30.6. The van der Waals surface area contributed by atoms with Crippen LogP contribution in [0.15, 0.2) is 60.7 Å². The Morgan fingerprint density at radius 3 is 2.26 bits per heavy atom. The Kier molecular flexibility index (Phi) is 10.9. The lowest BCUT2D eigenvalue weighted by atomic mass is 9.53. The van der Waals surface area contributed by atoms with Crippen LogP contribution in [-0.2, 0) is 42.7 Å². The molecule has 12 nitrogen and oxygen atoms in total. The van der Waals surface area contributed by atoms with Crippen LogP contribution in [0.25, 0.3) is 0 Å². The largest absolute Gasteiger partial charge is 0.459 e. The summed E-state index contributed by atoms with van der Waals surface area (Å²) in [6, 6.07) is 16.9. The van der Waals surface area contributed by atoms with E-state index in [1.54, 1.807) is 67.8 Å². The summed E-state index contributed by atoms with van der Waals surface area (Å²) in [6.45, 7) is -0.329. The number of esters is 3. The fourth-order valence-electron chi connectivity index (χ4n) is 10.6. The molecule has 14 atom stereocenters. The van der Waals surface area contributed by atoms with Crippen LogP contribution < -0.4 is 0 Å². The van der Waals surface area contributed by atoms with Crippen molar-refractivity contribution in [3.05, 3.63) is 71.8 Å². The zero-order chi connectivity index (χ0) is 37.4. The molecule has 2 aromatic rings. The summed E-state index contributed by atoms with van der Waals surface area (Å²) in [5, 5.41) is 11.4. The van der Waals surface area contributed by atoms with Gasteiger partial charge in [-0.15, -0.1) is 0 Å². The van der Waals surface area contributed by atoms with Crippen molar-refractivity contribution in [2.24, 2.45) is 29.6 Å². The molecule has 3 aliphatic heterocycles. The summed E-state index contributed by atoms with van der Waals surface area (Å²) in [4.78, 5) is 52.8. The Labute approximate surface area is 315 Å². The number of hydrogen-bond donors (Lipinski definition) is 1. The minimum atomic E-state index is -1.34. The number of aldehydes is 1. The highest BCUT2D eigenvalue weighted by molar-refractivity contribution is 5.90. The molecule has 3 heterocycles. The molecule has 2 aromatic carbocycles. The molecule has 8 rings (SSSR count). The molecule has 3 saturated heterocycles. The van der Waals surface area contributed by atoms with Crippen LogP contribution >= 0.6 is 0 Å². The summed E-state index contributed by atoms with van der Waals surface area (Å²) in [5.41, 5.74) is -0.0626. The lowest BCUT2D eigenvalue weighted by Crippen LogP contribution is -2.68. The third-order valence-electron chi connectivity index (χ3n) is 13.1. The van der Waals surface area contributed by atoms with Crippen molar-refractivity contribution in [2.45, 2.75) is 119 Å². The van der Waals surface area contributed by atoms with Gasteiger partial charge in [-0.05, 0) is 62.8 Å². The van der Waals surface area contributed by atoms with Gasteiger partial charge in [0.15, 0.2) is 6.29 Å². The Bertz CT molecular complexity index is 1650. The molecule has 3 aliphatic carbocycles. The van der Waals surface area contributed by atoms with Crippen molar-refractivity contribution < 1.29 is 57.4 Å². The second-order valence-corrected chi connectivity index (χ2v) is 15.9. The second kappa shape index (κ2) is 15.8. The predicted octanol–water partition coefficient (Wildman–Crippen LogP) is 4.84. The van der Waals surface area contributed by atoms with Crippen LogP contribution in [-0.4, -0.2) is 97.6 Å². The summed E-state index contributed by atoms with van der Waals surface area (Å²) in [5.74, 6) is -2.25. The number of carbonyl (C=O) groups excluding carboxylic acids is 4. The fourth-order valence-corrected chi connectivity index (χ4v) is 10.6. The van der Waals surface area contributed by atoms with Crippen LogP contribution in [0.2, 0.25) is 0 Å². The summed E-state index contributed by atoms with van der Waals surface area (Å²) >= 11 is 0. The molecule has 1 spiro atoms. The van der Waals surface area contributed by atoms with Crippen LogP contribution in [0.3, 0.4) is 0 Å². The highest BCUT2D eigenvalue weighted by atomic mass is 16.7. The third kappa shape index (κ3) is 6.89. The SMILES string of the molecule is COC1CCC2C(C1)OC1C(C=O)C(OC3C[C@@H](OC(=O)c4ccccc4)[C@@H](O)[C@@H](COC(=O)c4ccccc4)O3)CCC1C21OC(=O)C2CCCCC21. The summed E-state index contributed by atoms with van der Waals surface area (Å²) in [6.07, 6.45) is 2.15. The highest BCUT2D eigenvalue weighted by Crippen LogP contribution is 2.62.